The van der Waals surface area contributed by atoms with Gasteiger partial charge in [-0.2, -0.15) is 0 Å². The number of para-hydroxylation sites is 1. The van der Waals surface area contributed by atoms with Crippen molar-refractivity contribution < 1.29 is 14.3 Å². The molecule has 0 radical (unpaired) electrons. The van der Waals surface area contributed by atoms with Crippen LogP contribution < -0.4 is 25.6 Å². The van der Waals surface area contributed by atoms with Crippen molar-refractivity contribution in [2.45, 2.75) is 44.7 Å². The van der Waals surface area contributed by atoms with Gasteiger partial charge in [-0.1, -0.05) is 18.2 Å². The number of rotatable bonds is 6. The van der Waals surface area contributed by atoms with Crippen LogP contribution in [0.5, 0.6) is 11.5 Å². The van der Waals surface area contributed by atoms with E-state index in [4.69, 9.17) is 4.74 Å². The summed E-state index contributed by atoms with van der Waals surface area (Å²) >= 11 is 1.31. The van der Waals surface area contributed by atoms with Gasteiger partial charge in [0.05, 0.1) is 22.4 Å². The van der Waals surface area contributed by atoms with Crippen molar-refractivity contribution in [3.63, 3.8) is 0 Å². The van der Waals surface area contributed by atoms with Crippen LogP contribution in [0.3, 0.4) is 0 Å². The van der Waals surface area contributed by atoms with Gasteiger partial charge in [-0.15, -0.1) is 11.3 Å². The molecule has 4 aromatic rings. The van der Waals surface area contributed by atoms with Crippen LogP contribution in [0.25, 0.3) is 10.2 Å². The highest BCUT2D eigenvalue weighted by atomic mass is 32.1. The maximum Gasteiger partial charge on any atom is 0.331 e. The van der Waals surface area contributed by atoms with Crippen LogP contribution >= 0.6 is 11.3 Å². The minimum atomic E-state index is -0.315. The first kappa shape index (κ1) is 24.4. The molecule has 2 aromatic carbocycles. The summed E-state index contributed by atoms with van der Waals surface area (Å²) in [5, 5.41) is 10.3. The first-order valence-electron chi connectivity index (χ1n) is 12.9. The molecule has 3 heterocycles. The Hall–Kier alpha value is -3.95. The number of carbonyl (C=O) groups is 2. The fraction of sp³-hybridized carbons (Fsp3) is 0.276. The van der Waals surface area contributed by atoms with Crippen LogP contribution in [0.15, 0.2) is 60.8 Å². The Bertz CT molecular complexity index is 1520. The number of ether oxygens (including phenoxy) is 1. The standard InChI is InChI=1S/C29H29N5O3S/c1-17-15-21(37-20-9-4-3-5-10-20)11-12-22(17)34-23-13-14-31-28-24(23)25(33-29(34)36)26(38-28)27(35)32-19-8-6-7-18(16-19)30-2/h3-5,9-15,18-19,30H,6-8,16H2,1-2H3,(H,32,35)(H,33,36)/t18-,19?/m1/s1. The molecule has 1 aliphatic heterocycles. The molecule has 9 heteroatoms. The summed E-state index contributed by atoms with van der Waals surface area (Å²) in [4.78, 5) is 34.2. The Balaban J connectivity index is 1.31. The van der Waals surface area contributed by atoms with E-state index in [1.807, 2.05) is 68.6 Å². The molecule has 2 atom stereocenters. The highest BCUT2D eigenvalue weighted by Gasteiger charge is 2.34. The highest BCUT2D eigenvalue weighted by molar-refractivity contribution is 7.21. The van der Waals surface area contributed by atoms with Gasteiger partial charge in [0.1, 0.15) is 21.2 Å². The lowest BCUT2D eigenvalue weighted by atomic mass is 9.91. The lowest BCUT2D eigenvalue weighted by molar-refractivity contribution is 0.0928. The van der Waals surface area contributed by atoms with Gasteiger partial charge in [0.2, 0.25) is 0 Å². The van der Waals surface area contributed by atoms with E-state index in [0.29, 0.717) is 32.9 Å². The van der Waals surface area contributed by atoms with Crippen molar-refractivity contribution in [2.24, 2.45) is 0 Å². The van der Waals surface area contributed by atoms with Crippen molar-refractivity contribution in [2.75, 3.05) is 17.3 Å². The van der Waals surface area contributed by atoms with Crippen molar-refractivity contribution in [3.8, 4) is 11.5 Å². The zero-order valence-electron chi connectivity index (χ0n) is 21.3. The number of carbonyl (C=O) groups excluding carboxylic acids is 2. The van der Waals surface area contributed by atoms with E-state index in [2.05, 4.69) is 20.9 Å². The van der Waals surface area contributed by atoms with E-state index < -0.39 is 0 Å². The molecule has 1 unspecified atom stereocenters. The van der Waals surface area contributed by atoms with Gasteiger partial charge in [-0.3, -0.25) is 9.69 Å². The number of nitrogens with zero attached hydrogens (tertiary/aromatic N) is 2. The third-order valence-electron chi connectivity index (χ3n) is 7.26. The molecule has 38 heavy (non-hydrogen) atoms. The maximum atomic E-state index is 13.5. The number of aromatic nitrogens is 1. The largest absolute Gasteiger partial charge is 0.457 e. The van der Waals surface area contributed by atoms with E-state index in [1.165, 1.54) is 11.3 Å². The number of anilines is 3. The second-order valence-corrected chi connectivity index (χ2v) is 10.8. The summed E-state index contributed by atoms with van der Waals surface area (Å²) in [6.45, 7) is 1.95. The molecule has 1 fully saturated rings. The topological polar surface area (TPSA) is 95.6 Å². The van der Waals surface area contributed by atoms with E-state index in [9.17, 15) is 9.59 Å². The molecule has 2 aromatic heterocycles. The number of nitrogens with one attached hydrogen (secondary N) is 3. The van der Waals surface area contributed by atoms with Crippen molar-refractivity contribution >= 4 is 50.6 Å². The molecular weight excluding hydrogens is 498 g/mol. The molecule has 3 N–H and O–H groups in total. The van der Waals surface area contributed by atoms with Gasteiger partial charge in [-0.05, 0) is 81.6 Å². The van der Waals surface area contributed by atoms with E-state index in [1.54, 1.807) is 11.1 Å². The third kappa shape index (κ3) is 4.48. The monoisotopic (exact) mass is 527 g/mol. The summed E-state index contributed by atoms with van der Waals surface area (Å²) in [6.07, 6.45) is 5.73. The summed E-state index contributed by atoms with van der Waals surface area (Å²) in [6, 6.07) is 17.2. The van der Waals surface area contributed by atoms with Crippen LogP contribution in [-0.4, -0.2) is 36.1 Å². The molecule has 194 valence electrons. The van der Waals surface area contributed by atoms with E-state index >= 15 is 0 Å². The van der Waals surface area contributed by atoms with Crippen LogP contribution in [0.1, 0.15) is 40.9 Å². The first-order valence-corrected chi connectivity index (χ1v) is 13.7. The number of amides is 3. The number of hydrogen-bond donors (Lipinski definition) is 3. The Morgan fingerprint density at radius 1 is 1.08 bits per heavy atom. The minimum Gasteiger partial charge on any atom is -0.457 e. The van der Waals surface area contributed by atoms with Crippen LogP contribution in [0.4, 0.5) is 21.9 Å². The van der Waals surface area contributed by atoms with E-state index in [0.717, 1.165) is 48.1 Å². The van der Waals surface area contributed by atoms with Crippen molar-refractivity contribution in [1.82, 2.24) is 15.6 Å². The van der Waals surface area contributed by atoms with Gasteiger partial charge >= 0.3 is 6.03 Å². The smallest absolute Gasteiger partial charge is 0.331 e. The lowest BCUT2D eigenvalue weighted by Gasteiger charge is -2.30. The Kier molecular flexibility index (Phi) is 6.47. The Morgan fingerprint density at radius 3 is 2.68 bits per heavy atom. The minimum absolute atomic E-state index is 0.105. The third-order valence-corrected chi connectivity index (χ3v) is 8.35. The molecule has 2 aliphatic rings. The second kappa shape index (κ2) is 10.1. The number of benzene rings is 2. The van der Waals surface area contributed by atoms with Gasteiger partial charge in [0.25, 0.3) is 5.91 Å². The Morgan fingerprint density at radius 2 is 1.89 bits per heavy atom. The van der Waals surface area contributed by atoms with Crippen LogP contribution in [0, 0.1) is 6.92 Å². The predicted octanol–water partition coefficient (Wildman–Crippen LogP) is 6.34. The summed E-state index contributed by atoms with van der Waals surface area (Å²) in [7, 11) is 1.96. The van der Waals surface area contributed by atoms with E-state index in [-0.39, 0.29) is 18.0 Å². The molecule has 1 saturated carbocycles. The number of aryl methyl sites for hydroxylation is 1. The Labute approximate surface area is 225 Å². The number of hydrogen-bond acceptors (Lipinski definition) is 6. The summed E-state index contributed by atoms with van der Waals surface area (Å²) in [5.74, 6) is 1.27. The number of thiophene rings is 1. The maximum absolute atomic E-state index is 13.5. The molecule has 1 aliphatic carbocycles. The molecule has 0 spiro atoms. The average molecular weight is 528 g/mol. The van der Waals surface area contributed by atoms with Gasteiger partial charge in [-0.25, -0.2) is 9.78 Å². The van der Waals surface area contributed by atoms with Gasteiger partial charge < -0.3 is 20.7 Å². The quantitative estimate of drug-likeness (QED) is 0.272. The number of urea groups is 1. The zero-order valence-corrected chi connectivity index (χ0v) is 22.1. The zero-order chi connectivity index (χ0) is 26.2. The lowest BCUT2D eigenvalue weighted by Crippen LogP contribution is -2.43. The first-order chi connectivity index (χ1) is 18.5. The normalized spacial score (nSPS) is 18.8. The molecular formula is C29H29N5O3S. The summed E-state index contributed by atoms with van der Waals surface area (Å²) < 4.78 is 5.97. The van der Waals surface area contributed by atoms with Crippen LogP contribution in [-0.2, 0) is 0 Å². The van der Waals surface area contributed by atoms with Crippen LogP contribution in [0.2, 0.25) is 0 Å². The predicted molar refractivity (Wildman–Crippen MR) is 151 cm³/mol. The fourth-order valence-corrected chi connectivity index (χ4v) is 6.41. The fourth-order valence-electron chi connectivity index (χ4n) is 5.38. The molecule has 8 nitrogen and oxygen atoms in total. The van der Waals surface area contributed by atoms with Crippen molar-refractivity contribution in [3.05, 3.63) is 71.2 Å². The van der Waals surface area contributed by atoms with Gasteiger partial charge in [0, 0.05) is 18.3 Å². The molecule has 3 amide bonds. The SMILES string of the molecule is CN[C@@H]1CCCC(NC(=O)c2sc3nccc4c3c2NC(=O)N4c2ccc(Oc3ccccc3)cc2C)C1. The van der Waals surface area contributed by atoms with Crippen molar-refractivity contribution in [1.29, 1.82) is 0 Å². The molecule has 0 bridgehead atoms. The molecule has 6 rings (SSSR count). The number of pyridine rings is 1. The summed E-state index contributed by atoms with van der Waals surface area (Å²) in [5.41, 5.74) is 2.86. The molecule has 0 saturated heterocycles. The second-order valence-electron chi connectivity index (χ2n) is 9.77. The average Bonchev–Trinajstić information content (AvgIpc) is 3.30. The highest BCUT2D eigenvalue weighted by Crippen LogP contribution is 2.46. The van der Waals surface area contributed by atoms with Gasteiger partial charge in [0.15, 0.2) is 0 Å².